The number of halogens is 3. The van der Waals surface area contributed by atoms with Crippen LogP contribution in [0, 0.1) is 0 Å². The number of nitrogens with one attached hydrogen (secondary N) is 1. The van der Waals surface area contributed by atoms with Crippen LogP contribution in [0.2, 0.25) is 0 Å². The quantitative estimate of drug-likeness (QED) is 0.825. The number of piperazine rings is 1. The molecule has 0 unspecified atom stereocenters. The van der Waals surface area contributed by atoms with E-state index < -0.39 is 17.9 Å². The Hall–Kier alpha value is -2.06. The van der Waals surface area contributed by atoms with Crippen LogP contribution in [0.5, 0.6) is 0 Å². The number of carbonyl (C=O) groups excluding carboxylic acids is 2. The molecule has 0 spiro atoms. The van der Waals surface area contributed by atoms with E-state index in [9.17, 15) is 22.8 Å². The summed E-state index contributed by atoms with van der Waals surface area (Å²) in [6.45, 7) is 2.25. The van der Waals surface area contributed by atoms with E-state index in [0.29, 0.717) is 44.5 Å². The summed E-state index contributed by atoms with van der Waals surface area (Å²) in [7, 11) is 0. The minimum absolute atomic E-state index is 0.220. The van der Waals surface area contributed by atoms with Gasteiger partial charge in [-0.1, -0.05) is 13.3 Å². The maximum atomic E-state index is 13.4. The Bertz CT molecular complexity index is 699. The molecule has 3 rings (SSSR count). The third-order valence-electron chi connectivity index (χ3n) is 5.10. The third-order valence-corrected chi connectivity index (χ3v) is 5.10. The van der Waals surface area contributed by atoms with Crippen molar-refractivity contribution in [3.05, 3.63) is 17.0 Å². The number of hydrogen-bond donors (Lipinski definition) is 1. The molecule has 144 valence electrons. The second-order valence-electron chi connectivity index (χ2n) is 6.79. The zero-order valence-corrected chi connectivity index (χ0v) is 14.7. The van der Waals surface area contributed by atoms with Crippen molar-refractivity contribution in [2.24, 2.45) is 0 Å². The van der Waals surface area contributed by atoms with Crippen molar-refractivity contribution in [3.63, 3.8) is 0 Å². The molecule has 0 aromatic carbocycles. The fourth-order valence-corrected chi connectivity index (χ4v) is 3.84. The Kier molecular flexibility index (Phi) is 5.24. The SMILES string of the molecule is CC[C@H]1C(=O)NCCN1C(=O)Cn1nc(C(F)(F)F)c2c1CCCCC2. The largest absolute Gasteiger partial charge is 0.435 e. The van der Waals surface area contributed by atoms with Gasteiger partial charge in [0.1, 0.15) is 12.6 Å². The molecule has 2 heterocycles. The highest BCUT2D eigenvalue weighted by molar-refractivity contribution is 5.88. The summed E-state index contributed by atoms with van der Waals surface area (Å²) < 4.78 is 41.3. The van der Waals surface area contributed by atoms with Gasteiger partial charge in [0.15, 0.2) is 5.69 Å². The third kappa shape index (κ3) is 3.57. The van der Waals surface area contributed by atoms with Gasteiger partial charge in [-0.3, -0.25) is 14.3 Å². The van der Waals surface area contributed by atoms with Gasteiger partial charge in [0, 0.05) is 24.3 Å². The number of hydrogen-bond acceptors (Lipinski definition) is 3. The summed E-state index contributed by atoms with van der Waals surface area (Å²) in [5.74, 6) is -0.586. The molecule has 6 nitrogen and oxygen atoms in total. The molecule has 26 heavy (non-hydrogen) atoms. The smallest absolute Gasteiger partial charge is 0.353 e. The summed E-state index contributed by atoms with van der Waals surface area (Å²) in [5.41, 5.74) is -0.130. The van der Waals surface area contributed by atoms with Gasteiger partial charge in [-0.15, -0.1) is 0 Å². The molecule has 1 atom stereocenters. The van der Waals surface area contributed by atoms with Crippen molar-refractivity contribution in [3.8, 4) is 0 Å². The molecular weight excluding hydrogens is 349 g/mol. The molecule has 0 saturated carbocycles. The first kappa shape index (κ1) is 18.7. The Labute approximate surface area is 149 Å². The Balaban J connectivity index is 1.88. The minimum atomic E-state index is -4.53. The Morgan fingerprint density at radius 2 is 2.00 bits per heavy atom. The van der Waals surface area contributed by atoms with Crippen LogP contribution in [-0.2, 0) is 35.2 Å². The lowest BCUT2D eigenvalue weighted by Gasteiger charge is -2.34. The van der Waals surface area contributed by atoms with E-state index in [4.69, 9.17) is 0 Å². The summed E-state index contributed by atoms with van der Waals surface area (Å²) in [6, 6.07) is -0.576. The molecule has 9 heteroatoms. The maximum Gasteiger partial charge on any atom is 0.435 e. The van der Waals surface area contributed by atoms with Crippen molar-refractivity contribution >= 4 is 11.8 Å². The number of carbonyl (C=O) groups is 2. The zero-order chi connectivity index (χ0) is 18.9. The highest BCUT2D eigenvalue weighted by Gasteiger charge is 2.40. The molecule has 1 aliphatic carbocycles. The van der Waals surface area contributed by atoms with Crippen LogP contribution in [0.4, 0.5) is 13.2 Å². The van der Waals surface area contributed by atoms with Gasteiger partial charge in [-0.25, -0.2) is 0 Å². The van der Waals surface area contributed by atoms with Gasteiger partial charge in [0.25, 0.3) is 0 Å². The van der Waals surface area contributed by atoms with E-state index in [2.05, 4.69) is 10.4 Å². The van der Waals surface area contributed by atoms with Gasteiger partial charge in [0.05, 0.1) is 0 Å². The number of alkyl halides is 3. The number of amides is 2. The summed E-state index contributed by atoms with van der Waals surface area (Å²) >= 11 is 0. The average molecular weight is 372 g/mol. The normalized spacial score (nSPS) is 21.2. The lowest BCUT2D eigenvalue weighted by atomic mass is 10.1. The van der Waals surface area contributed by atoms with E-state index in [0.717, 1.165) is 12.8 Å². The predicted molar refractivity (Wildman–Crippen MR) is 87.3 cm³/mol. The number of nitrogens with zero attached hydrogens (tertiary/aromatic N) is 3. The molecule has 1 aliphatic heterocycles. The maximum absolute atomic E-state index is 13.4. The molecular formula is C17H23F3N4O2. The van der Waals surface area contributed by atoms with Gasteiger partial charge in [-0.05, 0) is 32.1 Å². The van der Waals surface area contributed by atoms with Crippen molar-refractivity contribution in [1.29, 1.82) is 0 Å². The topological polar surface area (TPSA) is 67.2 Å². The van der Waals surface area contributed by atoms with Crippen LogP contribution in [0.3, 0.4) is 0 Å². The standard InChI is InChI=1S/C17H23F3N4O2/c1-2-12-16(26)21-8-9-23(12)14(25)10-24-13-7-5-3-4-6-11(13)15(22-24)17(18,19)20/h12H,2-10H2,1H3,(H,21,26)/t12-/m0/s1. The molecule has 2 amide bonds. The number of rotatable bonds is 3. The Morgan fingerprint density at radius 3 is 2.69 bits per heavy atom. The monoisotopic (exact) mass is 372 g/mol. The van der Waals surface area contributed by atoms with Gasteiger partial charge in [-0.2, -0.15) is 18.3 Å². The van der Waals surface area contributed by atoms with Crippen LogP contribution in [0.1, 0.15) is 49.6 Å². The van der Waals surface area contributed by atoms with Gasteiger partial charge >= 0.3 is 6.18 Å². The molecule has 0 radical (unpaired) electrons. The van der Waals surface area contributed by atoms with E-state index in [1.807, 2.05) is 0 Å². The first-order valence-electron chi connectivity index (χ1n) is 9.05. The van der Waals surface area contributed by atoms with Crippen LogP contribution < -0.4 is 5.32 Å². The van der Waals surface area contributed by atoms with Crippen molar-refractivity contribution in [2.75, 3.05) is 13.1 Å². The van der Waals surface area contributed by atoms with E-state index in [-0.39, 0.29) is 23.9 Å². The fraction of sp³-hybridized carbons (Fsp3) is 0.706. The van der Waals surface area contributed by atoms with Crippen molar-refractivity contribution < 1.29 is 22.8 Å². The molecule has 1 saturated heterocycles. The van der Waals surface area contributed by atoms with Crippen LogP contribution in [-0.4, -0.2) is 45.6 Å². The Morgan fingerprint density at radius 1 is 1.27 bits per heavy atom. The molecule has 0 bridgehead atoms. The summed E-state index contributed by atoms with van der Waals surface area (Å²) in [5, 5.41) is 6.46. The summed E-state index contributed by atoms with van der Waals surface area (Å²) in [4.78, 5) is 26.1. The van der Waals surface area contributed by atoms with E-state index >= 15 is 0 Å². The molecule has 1 N–H and O–H groups in total. The van der Waals surface area contributed by atoms with Gasteiger partial charge < -0.3 is 10.2 Å². The zero-order valence-electron chi connectivity index (χ0n) is 14.7. The molecule has 1 aromatic heterocycles. The predicted octanol–water partition coefficient (Wildman–Crippen LogP) is 1.91. The van der Waals surface area contributed by atoms with E-state index in [1.54, 1.807) is 6.92 Å². The highest BCUT2D eigenvalue weighted by atomic mass is 19.4. The second-order valence-corrected chi connectivity index (χ2v) is 6.79. The summed E-state index contributed by atoms with van der Waals surface area (Å²) in [6.07, 6.45) is -0.897. The van der Waals surface area contributed by atoms with Crippen molar-refractivity contribution in [2.45, 2.75) is 64.2 Å². The fourth-order valence-electron chi connectivity index (χ4n) is 3.84. The average Bonchev–Trinajstić information content (AvgIpc) is 2.77. The first-order chi connectivity index (χ1) is 12.3. The number of aromatic nitrogens is 2. The van der Waals surface area contributed by atoms with Crippen LogP contribution in [0.25, 0.3) is 0 Å². The minimum Gasteiger partial charge on any atom is -0.353 e. The van der Waals surface area contributed by atoms with Gasteiger partial charge in [0.2, 0.25) is 11.8 Å². The molecule has 1 fully saturated rings. The van der Waals surface area contributed by atoms with Crippen LogP contribution >= 0.6 is 0 Å². The van der Waals surface area contributed by atoms with Crippen molar-refractivity contribution in [1.82, 2.24) is 20.0 Å². The first-order valence-corrected chi connectivity index (χ1v) is 9.05. The highest BCUT2D eigenvalue weighted by Crippen LogP contribution is 2.35. The second kappa shape index (κ2) is 7.28. The lowest BCUT2D eigenvalue weighted by molar-refractivity contribution is -0.145. The van der Waals surface area contributed by atoms with Crippen LogP contribution in [0.15, 0.2) is 0 Å². The lowest BCUT2D eigenvalue weighted by Crippen LogP contribution is -2.57. The number of fused-ring (bicyclic) bond motifs is 1. The molecule has 1 aromatic rings. The van der Waals surface area contributed by atoms with E-state index in [1.165, 1.54) is 9.58 Å². The molecule has 2 aliphatic rings.